The van der Waals surface area contributed by atoms with Gasteiger partial charge in [-0.05, 0) is 79.0 Å². The first kappa shape index (κ1) is 37.6. The van der Waals surface area contributed by atoms with Crippen LogP contribution in [-0.2, 0) is 27.4 Å². The number of benzene rings is 1. The second-order valence-electron chi connectivity index (χ2n) is 17.8. The number of pyridine rings is 1. The number of halogens is 2. The summed E-state index contributed by atoms with van der Waals surface area (Å²) in [7, 11) is 2.09. The molecule has 14 nitrogen and oxygen atoms in total. The van der Waals surface area contributed by atoms with Gasteiger partial charge in [-0.2, -0.15) is 10.2 Å². The van der Waals surface area contributed by atoms with Gasteiger partial charge in [0, 0.05) is 61.3 Å². The number of thiophene rings is 1. The molecule has 4 bridgehead atoms. The molecule has 3 aromatic heterocycles. The van der Waals surface area contributed by atoms with Crippen LogP contribution in [-0.4, -0.2) is 106 Å². The number of likely N-dealkylation sites (N-methyl/N-ethyl adjacent to an activating group) is 1. The van der Waals surface area contributed by atoms with Crippen LogP contribution < -0.4 is 15.1 Å². The van der Waals surface area contributed by atoms with E-state index in [1.165, 1.54) is 0 Å². The summed E-state index contributed by atoms with van der Waals surface area (Å²) in [5.41, 5.74) is -0.115. The highest BCUT2D eigenvalue weighted by Crippen LogP contribution is 2.49. The van der Waals surface area contributed by atoms with Crippen molar-refractivity contribution in [1.82, 2.24) is 24.8 Å². The Kier molecular flexibility index (Phi) is 8.80. The lowest BCUT2D eigenvalue weighted by molar-refractivity contribution is 0.0209. The first-order valence-corrected chi connectivity index (χ1v) is 20.2. The molecule has 5 saturated heterocycles. The van der Waals surface area contributed by atoms with Gasteiger partial charge in [0.25, 0.3) is 0 Å². The summed E-state index contributed by atoms with van der Waals surface area (Å²) < 4.78 is 50.8. The molecule has 5 fully saturated rings. The van der Waals surface area contributed by atoms with Crippen LogP contribution in [0.4, 0.5) is 35.1 Å². The van der Waals surface area contributed by atoms with Crippen molar-refractivity contribution in [2.24, 2.45) is 0 Å². The summed E-state index contributed by atoms with van der Waals surface area (Å²) in [4.78, 5) is 49.3. The highest BCUT2D eigenvalue weighted by molar-refractivity contribution is 7.23. The van der Waals surface area contributed by atoms with Gasteiger partial charge in [-0.25, -0.2) is 23.4 Å². The summed E-state index contributed by atoms with van der Waals surface area (Å²) in [6.45, 7) is 13.4. The first-order valence-electron chi connectivity index (χ1n) is 19.4. The van der Waals surface area contributed by atoms with Crippen molar-refractivity contribution in [1.29, 1.82) is 5.26 Å². The van der Waals surface area contributed by atoms with E-state index in [2.05, 4.69) is 38.1 Å². The van der Waals surface area contributed by atoms with E-state index in [4.69, 9.17) is 24.2 Å². The van der Waals surface area contributed by atoms with E-state index in [1.54, 1.807) is 25.7 Å². The fourth-order valence-corrected chi connectivity index (χ4v) is 10.3. The molecule has 1 N–H and O–H groups in total. The smallest absolute Gasteiger partial charge is 0.412 e. The normalized spacial score (nSPS) is 23.1. The van der Waals surface area contributed by atoms with E-state index in [-0.39, 0.29) is 80.9 Å². The molecule has 0 aliphatic carbocycles. The molecule has 2 amide bonds. The van der Waals surface area contributed by atoms with Gasteiger partial charge in [0.1, 0.15) is 33.6 Å². The van der Waals surface area contributed by atoms with Crippen LogP contribution in [0.2, 0.25) is 0 Å². The Labute approximate surface area is 332 Å². The summed E-state index contributed by atoms with van der Waals surface area (Å²) in [6.07, 6.45) is 2.45. The first-order chi connectivity index (χ1) is 27.0. The van der Waals surface area contributed by atoms with Crippen LogP contribution >= 0.6 is 11.3 Å². The predicted molar refractivity (Wildman–Crippen MR) is 210 cm³/mol. The molecule has 0 saturated carbocycles. The molecule has 0 spiro atoms. The Morgan fingerprint density at radius 2 is 1.60 bits per heavy atom. The number of piperazine rings is 2. The maximum atomic E-state index is 17.9. The van der Waals surface area contributed by atoms with E-state index in [9.17, 15) is 14.9 Å². The lowest BCUT2D eigenvalue weighted by atomic mass is 9.88. The second kappa shape index (κ2) is 13.3. The molecule has 6 aliphatic rings. The number of amides is 2. The van der Waals surface area contributed by atoms with Crippen LogP contribution in [0.3, 0.4) is 0 Å². The minimum absolute atomic E-state index is 0.0378. The molecule has 0 radical (unpaired) electrons. The number of ether oxygens (including phenoxy) is 3. The molecule has 9 heterocycles. The average Bonchev–Trinajstić information content (AvgIpc) is 3.81. The van der Waals surface area contributed by atoms with Gasteiger partial charge in [0.15, 0.2) is 11.6 Å². The van der Waals surface area contributed by atoms with E-state index in [0.29, 0.717) is 41.4 Å². The SMILES string of the molecule is CN1CC2CC(C1)N2c1nc(N2C3CCC2CN(C(=O)OC(C)(C)C)C3)c2c3c(c(-c4ncc(F)c5sc(NC(=O)OC(C)(C)C)c(C#N)c45)c(F)c2n1)COC3. The maximum absolute atomic E-state index is 17.9. The number of rotatable bonds is 4. The summed E-state index contributed by atoms with van der Waals surface area (Å²) in [5.74, 6) is -0.368. The number of hydrogen-bond acceptors (Lipinski definition) is 13. The summed E-state index contributed by atoms with van der Waals surface area (Å²) >= 11 is 0.858. The van der Waals surface area contributed by atoms with Crippen LogP contribution in [0.25, 0.3) is 32.2 Å². The lowest BCUT2D eigenvalue weighted by Crippen LogP contribution is -2.68. The van der Waals surface area contributed by atoms with Crippen molar-refractivity contribution in [3.05, 3.63) is 34.5 Å². The van der Waals surface area contributed by atoms with Gasteiger partial charge in [-0.1, -0.05) is 0 Å². The number of carbonyl (C=O) groups excluding carboxylic acids is 2. The lowest BCUT2D eigenvalue weighted by Gasteiger charge is -2.55. The highest BCUT2D eigenvalue weighted by Gasteiger charge is 2.48. The Morgan fingerprint density at radius 1 is 0.930 bits per heavy atom. The third kappa shape index (κ3) is 6.36. The fourth-order valence-electron chi connectivity index (χ4n) is 9.27. The molecule has 4 atom stereocenters. The number of nitrogens with one attached hydrogen (secondary N) is 1. The molecule has 1 aromatic carbocycles. The molecule has 4 aromatic rings. The van der Waals surface area contributed by atoms with Crippen molar-refractivity contribution in [3.8, 4) is 17.3 Å². The third-order valence-corrected chi connectivity index (χ3v) is 12.5. The van der Waals surface area contributed by atoms with Crippen LogP contribution in [0.1, 0.15) is 77.5 Å². The zero-order chi connectivity index (χ0) is 40.3. The number of piperidine rings is 1. The molecular weight excluding hydrogens is 757 g/mol. The minimum Gasteiger partial charge on any atom is -0.444 e. The Hall–Kier alpha value is -4.92. The molecule has 57 heavy (non-hydrogen) atoms. The number of nitriles is 1. The van der Waals surface area contributed by atoms with Crippen molar-refractivity contribution >= 4 is 61.3 Å². The molecule has 4 unspecified atom stereocenters. The fraction of sp³-hybridized carbons (Fsp3) is 0.550. The van der Waals surface area contributed by atoms with Crippen molar-refractivity contribution in [2.45, 2.75) is 109 Å². The number of hydrogen-bond donors (Lipinski definition) is 1. The Morgan fingerprint density at radius 3 is 2.25 bits per heavy atom. The number of carbonyl (C=O) groups is 2. The minimum atomic E-state index is -0.824. The molecule has 300 valence electrons. The topological polar surface area (TPSA) is 149 Å². The van der Waals surface area contributed by atoms with Gasteiger partial charge in [0.05, 0.1) is 40.8 Å². The zero-order valence-electron chi connectivity index (χ0n) is 33.0. The van der Waals surface area contributed by atoms with E-state index < -0.39 is 28.9 Å². The zero-order valence-corrected chi connectivity index (χ0v) is 33.9. The monoisotopic (exact) mass is 801 g/mol. The number of aromatic nitrogens is 3. The molecular formula is C40H45F2N9O5S. The standard InChI is InChI=1S/C40H45F2N9O5S/c1-39(2,3)55-37(52)47-35-23(11-43)28-31(44-12-26(41)33(28)57-35)27-24-17-54-18-25(24)29-32(30(27)42)45-36(51-21-10-22(51)14-48(7)13-21)46-34(29)50-19-8-9-20(50)16-49(15-19)38(53)56-40(4,5)6/h12,19-22H,8-10,13-18H2,1-7H3,(H,47,52). The largest absolute Gasteiger partial charge is 0.444 e. The number of fused-ring (bicyclic) bond motifs is 8. The van der Waals surface area contributed by atoms with Gasteiger partial charge in [-0.3, -0.25) is 10.3 Å². The van der Waals surface area contributed by atoms with Crippen molar-refractivity contribution in [3.63, 3.8) is 0 Å². The van der Waals surface area contributed by atoms with Crippen molar-refractivity contribution < 1.29 is 32.6 Å². The second-order valence-corrected chi connectivity index (χ2v) is 18.8. The number of nitrogens with zero attached hydrogens (tertiary/aromatic N) is 8. The van der Waals surface area contributed by atoms with Gasteiger partial charge in [-0.15, -0.1) is 11.3 Å². The summed E-state index contributed by atoms with van der Waals surface area (Å²) in [5, 5.41) is 13.7. The molecule has 17 heteroatoms. The molecule has 6 aliphatic heterocycles. The quantitative estimate of drug-likeness (QED) is 0.229. The van der Waals surface area contributed by atoms with Crippen molar-refractivity contribution in [2.75, 3.05) is 48.3 Å². The van der Waals surface area contributed by atoms with E-state index in [0.717, 1.165) is 49.9 Å². The van der Waals surface area contributed by atoms with Gasteiger partial charge >= 0.3 is 12.2 Å². The van der Waals surface area contributed by atoms with Crippen LogP contribution in [0.15, 0.2) is 6.20 Å². The summed E-state index contributed by atoms with van der Waals surface area (Å²) in [6, 6.07) is 2.25. The Bertz CT molecular complexity index is 2380. The van der Waals surface area contributed by atoms with E-state index in [1.807, 2.05) is 20.8 Å². The highest BCUT2D eigenvalue weighted by atomic mass is 32.1. The number of likely N-dealkylation sites (tertiary alicyclic amines) is 1. The van der Waals surface area contributed by atoms with Gasteiger partial charge in [0.2, 0.25) is 5.95 Å². The average molecular weight is 802 g/mol. The maximum Gasteiger partial charge on any atom is 0.412 e. The van der Waals surface area contributed by atoms with Crippen LogP contribution in [0, 0.1) is 23.0 Å². The Balaban J connectivity index is 1.22. The predicted octanol–water partition coefficient (Wildman–Crippen LogP) is 6.91. The van der Waals surface area contributed by atoms with Crippen LogP contribution in [0.5, 0.6) is 0 Å². The van der Waals surface area contributed by atoms with Gasteiger partial charge < -0.3 is 33.8 Å². The number of anilines is 3. The molecule has 10 rings (SSSR count). The third-order valence-electron chi connectivity index (χ3n) is 11.4. The van der Waals surface area contributed by atoms with E-state index >= 15 is 8.78 Å².